The van der Waals surface area contributed by atoms with E-state index in [9.17, 15) is 9.59 Å². The molecule has 0 bridgehead atoms. The number of esters is 1. The number of pyridine rings is 1. The quantitative estimate of drug-likeness (QED) is 0.604. The van der Waals surface area contributed by atoms with Gasteiger partial charge in [0.25, 0.3) is 5.56 Å². The van der Waals surface area contributed by atoms with Crippen LogP contribution in [0.2, 0.25) is 0 Å². The third-order valence-corrected chi connectivity index (χ3v) is 4.34. The molecule has 3 rings (SSSR count). The minimum absolute atomic E-state index is 0.0537. The van der Waals surface area contributed by atoms with Crippen LogP contribution in [0.15, 0.2) is 47.0 Å². The van der Waals surface area contributed by atoms with Crippen LogP contribution in [0.4, 0.5) is 5.69 Å². The number of methoxy groups -OCH3 is 1. The number of carbonyl (C=O) groups is 1. The zero-order valence-electron chi connectivity index (χ0n) is 15.0. The second kappa shape index (κ2) is 8.11. The van der Waals surface area contributed by atoms with Crippen molar-refractivity contribution in [2.24, 2.45) is 0 Å². The number of H-pyrrole nitrogens is 1. The van der Waals surface area contributed by atoms with Crippen molar-refractivity contribution in [1.29, 1.82) is 10.5 Å². The number of nitrogens with zero attached hydrogens (tertiary/aromatic N) is 2. The Morgan fingerprint density at radius 3 is 2.82 bits per heavy atom. The number of aromatic nitrogens is 1. The fraction of sp³-hybridized carbons (Fsp3) is 0.200. The summed E-state index contributed by atoms with van der Waals surface area (Å²) in [7, 11) is 1.45. The minimum atomic E-state index is -0.765. The van der Waals surface area contributed by atoms with Gasteiger partial charge < -0.3 is 19.8 Å². The smallest absolute Gasteiger partial charge is 0.336 e. The maximum Gasteiger partial charge on any atom is 0.336 e. The van der Waals surface area contributed by atoms with E-state index in [1.807, 2.05) is 12.1 Å². The van der Waals surface area contributed by atoms with Crippen molar-refractivity contribution in [3.8, 4) is 17.9 Å². The fourth-order valence-corrected chi connectivity index (χ4v) is 3.09. The molecule has 0 unspecified atom stereocenters. The number of benzene rings is 1. The van der Waals surface area contributed by atoms with Gasteiger partial charge in [-0.25, -0.2) is 4.79 Å². The lowest BCUT2D eigenvalue weighted by Crippen LogP contribution is -2.28. The highest BCUT2D eigenvalue weighted by Crippen LogP contribution is 2.41. The molecule has 2 aromatic rings. The number of fused-ring (bicyclic) bond motifs is 1. The Morgan fingerprint density at radius 1 is 1.29 bits per heavy atom. The van der Waals surface area contributed by atoms with Crippen molar-refractivity contribution >= 4 is 11.7 Å². The Labute approximate surface area is 160 Å². The van der Waals surface area contributed by atoms with Gasteiger partial charge in [0.05, 0.1) is 48.3 Å². The van der Waals surface area contributed by atoms with Crippen LogP contribution in [0, 0.1) is 22.7 Å². The standard InChI is InChI=1S/C20H16N4O4/c1-27-16-9-12(10-22)3-4-13(16)17-14(20(26)28-8-2-6-21)11-24-15-5-7-23-19(25)18(15)17/h3-5,7,9,11,17,24H,2,8H2,1H3,(H,23,25)/t17-/m1/s1. The van der Waals surface area contributed by atoms with Crippen molar-refractivity contribution in [3.05, 3.63) is 69.3 Å². The van der Waals surface area contributed by atoms with E-state index in [0.29, 0.717) is 28.1 Å². The van der Waals surface area contributed by atoms with Gasteiger partial charge in [-0.1, -0.05) is 6.07 Å². The Kier molecular flexibility index (Phi) is 5.43. The first-order valence-electron chi connectivity index (χ1n) is 8.41. The van der Waals surface area contributed by atoms with Crippen LogP contribution in [0.25, 0.3) is 0 Å². The van der Waals surface area contributed by atoms with Crippen LogP contribution in [-0.2, 0) is 9.53 Å². The Morgan fingerprint density at radius 2 is 2.11 bits per heavy atom. The van der Waals surface area contributed by atoms with E-state index < -0.39 is 11.9 Å². The Balaban J connectivity index is 2.15. The first-order valence-corrected chi connectivity index (χ1v) is 8.41. The van der Waals surface area contributed by atoms with E-state index in [1.54, 1.807) is 24.3 Å². The summed E-state index contributed by atoms with van der Waals surface area (Å²) in [6.07, 6.45) is 3.05. The molecule has 1 aliphatic heterocycles. The molecule has 28 heavy (non-hydrogen) atoms. The molecule has 0 aliphatic carbocycles. The summed E-state index contributed by atoms with van der Waals surface area (Å²) in [5.41, 5.74) is 1.65. The van der Waals surface area contributed by atoms with E-state index in [2.05, 4.69) is 10.3 Å². The predicted molar refractivity (Wildman–Crippen MR) is 99.5 cm³/mol. The molecule has 1 aliphatic rings. The van der Waals surface area contributed by atoms with Crippen molar-refractivity contribution in [2.45, 2.75) is 12.3 Å². The predicted octanol–water partition coefficient (Wildman–Crippen LogP) is 2.15. The lowest BCUT2D eigenvalue weighted by atomic mass is 9.82. The number of hydrogen-bond acceptors (Lipinski definition) is 7. The van der Waals surface area contributed by atoms with Gasteiger partial charge in [0.15, 0.2) is 0 Å². The molecule has 2 heterocycles. The summed E-state index contributed by atoms with van der Waals surface area (Å²) in [5.74, 6) is -1.04. The van der Waals surface area contributed by atoms with Gasteiger partial charge in [0, 0.05) is 23.6 Å². The zero-order chi connectivity index (χ0) is 20.1. The lowest BCUT2D eigenvalue weighted by molar-refractivity contribution is -0.139. The third kappa shape index (κ3) is 3.44. The van der Waals surface area contributed by atoms with Gasteiger partial charge in [0.1, 0.15) is 12.4 Å². The first kappa shape index (κ1) is 18.7. The number of aromatic amines is 1. The van der Waals surface area contributed by atoms with Crippen molar-refractivity contribution < 1.29 is 14.3 Å². The molecule has 8 nitrogen and oxygen atoms in total. The van der Waals surface area contributed by atoms with Crippen LogP contribution in [0.5, 0.6) is 5.75 Å². The number of anilines is 1. The topological polar surface area (TPSA) is 128 Å². The van der Waals surface area contributed by atoms with Crippen molar-refractivity contribution in [1.82, 2.24) is 4.98 Å². The van der Waals surface area contributed by atoms with Gasteiger partial charge in [-0.05, 0) is 18.2 Å². The number of carbonyl (C=O) groups excluding carboxylic acids is 1. The molecule has 0 amide bonds. The average molecular weight is 376 g/mol. The summed E-state index contributed by atoms with van der Waals surface area (Å²) >= 11 is 0. The fourth-order valence-electron chi connectivity index (χ4n) is 3.09. The molecule has 0 saturated carbocycles. The summed E-state index contributed by atoms with van der Waals surface area (Å²) < 4.78 is 10.6. The number of hydrogen-bond donors (Lipinski definition) is 2. The summed E-state index contributed by atoms with van der Waals surface area (Å²) in [4.78, 5) is 27.9. The highest BCUT2D eigenvalue weighted by atomic mass is 16.5. The molecule has 1 aromatic heterocycles. The molecule has 0 fully saturated rings. The molecule has 140 valence electrons. The zero-order valence-corrected chi connectivity index (χ0v) is 15.0. The summed E-state index contributed by atoms with van der Waals surface area (Å²) in [5, 5.41) is 20.7. The highest BCUT2D eigenvalue weighted by Gasteiger charge is 2.34. The molecule has 8 heteroatoms. The third-order valence-electron chi connectivity index (χ3n) is 4.34. The minimum Gasteiger partial charge on any atom is -0.496 e. The SMILES string of the molecule is COc1cc(C#N)ccc1[C@@H]1C(C(=O)OCCC#N)=CNc2cc[nH]c(=O)c21. The highest BCUT2D eigenvalue weighted by molar-refractivity contribution is 5.93. The maximum atomic E-state index is 12.7. The second-order valence-electron chi connectivity index (χ2n) is 5.92. The van der Waals surface area contributed by atoms with Gasteiger partial charge in [-0.2, -0.15) is 10.5 Å². The number of nitriles is 2. The van der Waals surface area contributed by atoms with Crippen LogP contribution < -0.4 is 15.6 Å². The Hall–Kier alpha value is -4.04. The van der Waals surface area contributed by atoms with Gasteiger partial charge >= 0.3 is 5.97 Å². The molecule has 0 spiro atoms. The van der Waals surface area contributed by atoms with Crippen LogP contribution in [0.3, 0.4) is 0 Å². The van der Waals surface area contributed by atoms with Crippen molar-refractivity contribution in [3.63, 3.8) is 0 Å². The Bertz CT molecular complexity index is 1090. The molecule has 0 radical (unpaired) electrons. The molecule has 1 atom stereocenters. The summed E-state index contributed by atoms with van der Waals surface area (Å²) in [6.45, 7) is -0.0537. The summed E-state index contributed by atoms with van der Waals surface area (Å²) in [6, 6.07) is 10.4. The monoisotopic (exact) mass is 376 g/mol. The van der Waals surface area contributed by atoms with Crippen molar-refractivity contribution in [2.75, 3.05) is 19.0 Å². The van der Waals surface area contributed by atoms with Gasteiger partial charge in [0.2, 0.25) is 0 Å². The molecular formula is C20H16N4O4. The van der Waals surface area contributed by atoms with E-state index in [1.165, 1.54) is 19.5 Å². The lowest BCUT2D eigenvalue weighted by Gasteiger charge is -2.27. The van der Waals surface area contributed by atoms with Gasteiger partial charge in [-0.15, -0.1) is 0 Å². The van der Waals surface area contributed by atoms with E-state index in [0.717, 1.165) is 0 Å². The molecule has 0 saturated heterocycles. The first-order chi connectivity index (χ1) is 13.6. The van der Waals surface area contributed by atoms with Crippen LogP contribution >= 0.6 is 0 Å². The van der Waals surface area contributed by atoms with Crippen LogP contribution in [0.1, 0.15) is 29.0 Å². The second-order valence-corrected chi connectivity index (χ2v) is 5.92. The number of rotatable bonds is 5. The van der Waals surface area contributed by atoms with E-state index >= 15 is 0 Å². The van der Waals surface area contributed by atoms with Gasteiger partial charge in [-0.3, -0.25) is 4.79 Å². The van der Waals surface area contributed by atoms with Crippen LogP contribution in [-0.4, -0.2) is 24.7 Å². The average Bonchev–Trinajstić information content (AvgIpc) is 2.72. The number of nitrogens with one attached hydrogen (secondary N) is 2. The normalized spacial score (nSPS) is 14.5. The number of ether oxygens (including phenoxy) is 2. The molecule has 1 aromatic carbocycles. The largest absolute Gasteiger partial charge is 0.496 e. The maximum absolute atomic E-state index is 12.7. The van der Waals surface area contributed by atoms with E-state index in [-0.39, 0.29) is 24.2 Å². The molecule has 2 N–H and O–H groups in total. The van der Waals surface area contributed by atoms with E-state index in [4.69, 9.17) is 20.0 Å². The molecular weight excluding hydrogens is 360 g/mol.